The number of thiazole rings is 1. The van der Waals surface area contributed by atoms with Crippen LogP contribution in [-0.2, 0) is 0 Å². The predicted molar refractivity (Wildman–Crippen MR) is 51.4 cm³/mol. The molecule has 2 heterocycles. The smallest absolute Gasteiger partial charge is 0.356 e. The van der Waals surface area contributed by atoms with Crippen molar-refractivity contribution in [3.63, 3.8) is 0 Å². The molecule has 2 rings (SSSR count). The van der Waals surface area contributed by atoms with Crippen LogP contribution in [0.2, 0.25) is 0 Å². The Morgan fingerprint density at radius 3 is 2.93 bits per heavy atom. The lowest BCUT2D eigenvalue weighted by Crippen LogP contribution is -1.98. The minimum absolute atomic E-state index is 0.0511. The zero-order valence-electron chi connectivity index (χ0n) is 7.31. The van der Waals surface area contributed by atoms with Crippen LogP contribution in [0, 0.1) is 6.92 Å². The lowest BCUT2D eigenvalue weighted by molar-refractivity contribution is 0.0690. The molecule has 0 aliphatic rings. The normalized spacial score (nSPS) is 10.4. The van der Waals surface area contributed by atoms with Crippen molar-refractivity contribution in [2.24, 2.45) is 0 Å². The van der Waals surface area contributed by atoms with E-state index in [9.17, 15) is 4.79 Å². The van der Waals surface area contributed by atoms with Crippen molar-refractivity contribution in [1.29, 1.82) is 0 Å². The van der Waals surface area contributed by atoms with Gasteiger partial charge in [0.25, 0.3) is 0 Å². The standard InChI is InChI=1S/C8H7N3O2S/c1-4-5(8(12)13)11-6(10-4)7-9-2-3-14-7/h2-3H,1H3,(H,10,11)(H,12,13). The SMILES string of the molecule is Cc1[nH]c(-c2nccs2)nc1C(=O)O. The first kappa shape index (κ1) is 8.89. The summed E-state index contributed by atoms with van der Waals surface area (Å²) in [6.45, 7) is 1.67. The number of carboxylic acids is 1. The maximum Gasteiger partial charge on any atom is 0.356 e. The summed E-state index contributed by atoms with van der Waals surface area (Å²) in [5, 5.41) is 11.3. The number of aryl methyl sites for hydroxylation is 1. The zero-order valence-corrected chi connectivity index (χ0v) is 8.13. The van der Waals surface area contributed by atoms with E-state index in [0.29, 0.717) is 16.5 Å². The van der Waals surface area contributed by atoms with Crippen LogP contribution in [-0.4, -0.2) is 26.0 Å². The van der Waals surface area contributed by atoms with Crippen molar-refractivity contribution in [3.05, 3.63) is 23.0 Å². The van der Waals surface area contributed by atoms with Gasteiger partial charge in [0.1, 0.15) is 0 Å². The number of hydrogen-bond acceptors (Lipinski definition) is 4. The second-order valence-electron chi connectivity index (χ2n) is 2.70. The molecule has 0 saturated carbocycles. The molecule has 0 radical (unpaired) electrons. The summed E-state index contributed by atoms with van der Waals surface area (Å²) in [5.41, 5.74) is 0.595. The molecule has 2 aromatic rings. The minimum Gasteiger partial charge on any atom is -0.476 e. The monoisotopic (exact) mass is 209 g/mol. The summed E-state index contributed by atoms with van der Waals surface area (Å²) in [5.74, 6) is -0.517. The van der Waals surface area contributed by atoms with Gasteiger partial charge in [-0.1, -0.05) is 0 Å². The molecule has 2 aromatic heterocycles. The number of hydrogen-bond donors (Lipinski definition) is 2. The summed E-state index contributed by atoms with van der Waals surface area (Å²) >= 11 is 1.41. The summed E-state index contributed by atoms with van der Waals surface area (Å²) in [6.07, 6.45) is 1.65. The third-order valence-corrected chi connectivity index (χ3v) is 2.50. The van der Waals surface area contributed by atoms with Crippen molar-refractivity contribution >= 4 is 17.3 Å². The number of imidazole rings is 1. The Labute approximate surface area is 83.5 Å². The molecular formula is C8H7N3O2S. The molecule has 14 heavy (non-hydrogen) atoms. The van der Waals surface area contributed by atoms with Crippen molar-refractivity contribution in [1.82, 2.24) is 15.0 Å². The number of aromatic carboxylic acids is 1. The van der Waals surface area contributed by atoms with Gasteiger partial charge < -0.3 is 10.1 Å². The third-order valence-electron chi connectivity index (χ3n) is 1.72. The molecule has 0 fully saturated rings. The van der Waals surface area contributed by atoms with E-state index in [1.165, 1.54) is 11.3 Å². The molecular weight excluding hydrogens is 202 g/mol. The van der Waals surface area contributed by atoms with Crippen LogP contribution in [0.5, 0.6) is 0 Å². The van der Waals surface area contributed by atoms with E-state index in [1.54, 1.807) is 13.1 Å². The number of rotatable bonds is 2. The highest BCUT2D eigenvalue weighted by molar-refractivity contribution is 7.13. The molecule has 5 nitrogen and oxygen atoms in total. The van der Waals surface area contributed by atoms with Gasteiger partial charge in [0.15, 0.2) is 16.5 Å². The Morgan fingerprint density at radius 1 is 1.64 bits per heavy atom. The van der Waals surface area contributed by atoms with Gasteiger partial charge in [-0.15, -0.1) is 11.3 Å². The molecule has 0 aliphatic carbocycles. The van der Waals surface area contributed by atoms with Crippen LogP contribution >= 0.6 is 11.3 Å². The molecule has 0 saturated heterocycles. The Morgan fingerprint density at radius 2 is 2.43 bits per heavy atom. The summed E-state index contributed by atoms with van der Waals surface area (Å²) in [6, 6.07) is 0. The fourth-order valence-electron chi connectivity index (χ4n) is 1.11. The van der Waals surface area contributed by atoms with Gasteiger partial charge in [-0.3, -0.25) is 0 Å². The highest BCUT2D eigenvalue weighted by Gasteiger charge is 2.15. The van der Waals surface area contributed by atoms with E-state index in [2.05, 4.69) is 15.0 Å². The number of carbonyl (C=O) groups is 1. The maximum atomic E-state index is 10.7. The van der Waals surface area contributed by atoms with Gasteiger partial charge in [0.05, 0.1) is 0 Å². The number of carboxylic acid groups (broad SMARTS) is 1. The quantitative estimate of drug-likeness (QED) is 0.786. The van der Waals surface area contributed by atoms with Crippen LogP contribution in [0.15, 0.2) is 11.6 Å². The Bertz CT molecular complexity index is 461. The van der Waals surface area contributed by atoms with Crippen molar-refractivity contribution in [2.45, 2.75) is 6.92 Å². The van der Waals surface area contributed by atoms with Crippen LogP contribution in [0.25, 0.3) is 10.8 Å². The fourth-order valence-corrected chi connectivity index (χ4v) is 1.69. The number of nitrogens with zero attached hydrogens (tertiary/aromatic N) is 2. The van der Waals surface area contributed by atoms with E-state index >= 15 is 0 Å². The second-order valence-corrected chi connectivity index (χ2v) is 3.60. The highest BCUT2D eigenvalue weighted by atomic mass is 32.1. The molecule has 0 aliphatic heterocycles. The molecule has 0 bridgehead atoms. The van der Waals surface area contributed by atoms with Gasteiger partial charge in [0, 0.05) is 17.3 Å². The first-order valence-electron chi connectivity index (χ1n) is 3.88. The molecule has 72 valence electrons. The maximum absolute atomic E-state index is 10.7. The van der Waals surface area contributed by atoms with E-state index in [-0.39, 0.29) is 5.69 Å². The first-order valence-corrected chi connectivity index (χ1v) is 4.76. The van der Waals surface area contributed by atoms with Gasteiger partial charge in [-0.05, 0) is 6.92 Å². The zero-order chi connectivity index (χ0) is 10.1. The third kappa shape index (κ3) is 1.39. The van der Waals surface area contributed by atoms with Gasteiger partial charge in [-0.25, -0.2) is 14.8 Å². The Kier molecular flexibility index (Phi) is 2.05. The molecule has 2 N–H and O–H groups in total. The summed E-state index contributed by atoms with van der Waals surface area (Å²) in [7, 11) is 0. The van der Waals surface area contributed by atoms with Crippen molar-refractivity contribution in [3.8, 4) is 10.8 Å². The summed E-state index contributed by atoms with van der Waals surface area (Å²) in [4.78, 5) is 21.6. The van der Waals surface area contributed by atoms with Crippen molar-refractivity contribution < 1.29 is 9.90 Å². The number of nitrogens with one attached hydrogen (secondary N) is 1. The molecule has 0 aromatic carbocycles. The Hall–Kier alpha value is -1.69. The first-order chi connectivity index (χ1) is 6.68. The topological polar surface area (TPSA) is 78.9 Å². The van der Waals surface area contributed by atoms with Crippen LogP contribution in [0.4, 0.5) is 0 Å². The van der Waals surface area contributed by atoms with E-state index in [4.69, 9.17) is 5.11 Å². The predicted octanol–water partition coefficient (Wildman–Crippen LogP) is 1.54. The number of H-pyrrole nitrogens is 1. The van der Waals surface area contributed by atoms with E-state index in [1.807, 2.05) is 5.38 Å². The van der Waals surface area contributed by atoms with Crippen molar-refractivity contribution in [2.75, 3.05) is 0 Å². The number of aromatic amines is 1. The largest absolute Gasteiger partial charge is 0.476 e. The highest BCUT2D eigenvalue weighted by Crippen LogP contribution is 2.19. The average Bonchev–Trinajstić information content (AvgIpc) is 2.70. The van der Waals surface area contributed by atoms with E-state index in [0.717, 1.165) is 0 Å². The second kappa shape index (κ2) is 3.22. The fraction of sp³-hybridized carbons (Fsp3) is 0.125. The van der Waals surface area contributed by atoms with Crippen LogP contribution < -0.4 is 0 Å². The molecule has 0 amide bonds. The summed E-state index contributed by atoms with van der Waals surface area (Å²) < 4.78 is 0. The Balaban J connectivity index is 2.48. The van der Waals surface area contributed by atoms with Gasteiger partial charge in [-0.2, -0.15) is 0 Å². The molecule has 0 spiro atoms. The van der Waals surface area contributed by atoms with Crippen LogP contribution in [0.3, 0.4) is 0 Å². The van der Waals surface area contributed by atoms with Gasteiger partial charge in [0.2, 0.25) is 0 Å². The average molecular weight is 209 g/mol. The van der Waals surface area contributed by atoms with Gasteiger partial charge >= 0.3 is 5.97 Å². The lowest BCUT2D eigenvalue weighted by Gasteiger charge is -1.85. The molecule has 0 atom stereocenters. The number of aromatic nitrogens is 3. The molecule has 0 unspecified atom stereocenters. The van der Waals surface area contributed by atoms with E-state index < -0.39 is 5.97 Å². The minimum atomic E-state index is -1.03. The molecule has 6 heteroatoms. The lowest BCUT2D eigenvalue weighted by atomic mass is 10.4. The van der Waals surface area contributed by atoms with Crippen LogP contribution in [0.1, 0.15) is 16.2 Å².